The zero-order valence-corrected chi connectivity index (χ0v) is 17.9. The third-order valence-electron chi connectivity index (χ3n) is 4.85. The number of carbonyl (C=O) groups excluding carboxylic acids is 2. The van der Waals surface area contributed by atoms with E-state index in [9.17, 15) is 19.7 Å². The normalized spacial score (nSPS) is 12.4. The predicted octanol–water partition coefficient (Wildman–Crippen LogP) is 3.76. The Labute approximate surface area is 193 Å². The summed E-state index contributed by atoms with van der Waals surface area (Å²) in [6.07, 6.45) is 2.17. The molecule has 1 aliphatic rings. The van der Waals surface area contributed by atoms with Gasteiger partial charge in [-0.25, -0.2) is 4.79 Å². The molecule has 176 valence electrons. The summed E-state index contributed by atoms with van der Waals surface area (Å²) in [7, 11) is 0. The summed E-state index contributed by atoms with van der Waals surface area (Å²) >= 11 is 0. The Bertz CT molecular complexity index is 1190. The zero-order chi connectivity index (χ0) is 23.9. The molecule has 11 nitrogen and oxygen atoms in total. The minimum Gasteiger partial charge on any atom is -0.489 e. The van der Waals surface area contributed by atoms with Crippen molar-refractivity contribution in [1.29, 1.82) is 0 Å². The highest BCUT2D eigenvalue weighted by molar-refractivity contribution is 5.99. The Hall–Kier alpha value is -4.54. The van der Waals surface area contributed by atoms with Crippen LogP contribution in [-0.2, 0) is 16.1 Å². The Morgan fingerprint density at radius 3 is 2.53 bits per heavy atom. The number of furan rings is 1. The number of nitrogens with zero attached hydrogens (tertiary/aromatic N) is 1. The van der Waals surface area contributed by atoms with Crippen LogP contribution in [0.4, 0.5) is 17.1 Å². The molecule has 4 rings (SSSR count). The molecule has 34 heavy (non-hydrogen) atoms. The highest BCUT2D eigenvalue weighted by Crippen LogP contribution is 2.39. The molecule has 0 radical (unpaired) electrons. The second kappa shape index (κ2) is 10.4. The van der Waals surface area contributed by atoms with Crippen molar-refractivity contribution in [2.75, 3.05) is 30.5 Å². The van der Waals surface area contributed by atoms with Gasteiger partial charge in [0.2, 0.25) is 0 Å². The number of amides is 1. The Morgan fingerprint density at radius 2 is 1.79 bits per heavy atom. The average Bonchev–Trinajstić information content (AvgIpc) is 3.25. The summed E-state index contributed by atoms with van der Waals surface area (Å²) in [6, 6.07) is 12.7. The molecule has 1 aromatic heterocycles. The molecule has 0 spiro atoms. The van der Waals surface area contributed by atoms with Crippen molar-refractivity contribution < 1.29 is 33.1 Å². The van der Waals surface area contributed by atoms with E-state index in [1.54, 1.807) is 42.7 Å². The van der Waals surface area contributed by atoms with E-state index in [0.717, 1.165) is 0 Å². The van der Waals surface area contributed by atoms with Gasteiger partial charge in [-0.3, -0.25) is 14.9 Å². The standard InChI is InChI=1S/C23H21N3O8/c27-22(25-18-11-20-21(12-19(18)26(29)30)33-10-4-9-32-20)14-34-23(28)16-6-1-2-7-17(16)24-13-15-5-3-8-31-15/h1-3,5-8,11-12,24H,4,9-10,13-14H2,(H,25,27). The molecule has 2 heterocycles. The first-order valence-electron chi connectivity index (χ1n) is 10.4. The lowest BCUT2D eigenvalue weighted by Crippen LogP contribution is -2.22. The number of nitrogens with one attached hydrogen (secondary N) is 2. The van der Waals surface area contributed by atoms with Gasteiger partial charge in [0.05, 0.1) is 42.6 Å². The summed E-state index contributed by atoms with van der Waals surface area (Å²) < 4.78 is 21.4. The van der Waals surface area contributed by atoms with Crippen molar-refractivity contribution in [2.45, 2.75) is 13.0 Å². The molecule has 0 fully saturated rings. The lowest BCUT2D eigenvalue weighted by molar-refractivity contribution is -0.384. The van der Waals surface area contributed by atoms with E-state index < -0.39 is 23.4 Å². The molecule has 1 amide bonds. The van der Waals surface area contributed by atoms with Crippen molar-refractivity contribution in [1.82, 2.24) is 0 Å². The third-order valence-corrected chi connectivity index (χ3v) is 4.85. The molecule has 0 saturated heterocycles. The molecular formula is C23H21N3O8. The monoisotopic (exact) mass is 467 g/mol. The van der Waals surface area contributed by atoms with Crippen LogP contribution in [0.25, 0.3) is 0 Å². The second-order valence-corrected chi connectivity index (χ2v) is 7.23. The molecule has 2 N–H and O–H groups in total. The number of benzene rings is 2. The van der Waals surface area contributed by atoms with E-state index in [2.05, 4.69) is 10.6 Å². The number of nitro benzene ring substituents is 1. The fourth-order valence-electron chi connectivity index (χ4n) is 3.26. The number of hydrogen-bond donors (Lipinski definition) is 2. The average molecular weight is 467 g/mol. The van der Waals surface area contributed by atoms with Gasteiger partial charge in [-0.1, -0.05) is 12.1 Å². The third kappa shape index (κ3) is 5.44. The minimum atomic E-state index is -0.744. The highest BCUT2D eigenvalue weighted by atomic mass is 16.6. The molecule has 11 heteroatoms. The van der Waals surface area contributed by atoms with Crippen LogP contribution in [-0.4, -0.2) is 36.6 Å². The Kier molecular flexibility index (Phi) is 6.92. The first-order valence-corrected chi connectivity index (χ1v) is 10.4. The van der Waals surface area contributed by atoms with Crippen molar-refractivity contribution in [3.8, 4) is 11.5 Å². The summed E-state index contributed by atoms with van der Waals surface area (Å²) in [5.74, 6) is -0.281. The first-order chi connectivity index (χ1) is 16.5. The lowest BCUT2D eigenvalue weighted by Gasteiger charge is -2.12. The fraction of sp³-hybridized carbons (Fsp3) is 0.217. The van der Waals surface area contributed by atoms with Crippen LogP contribution in [0.5, 0.6) is 11.5 Å². The van der Waals surface area contributed by atoms with Crippen LogP contribution < -0.4 is 20.1 Å². The van der Waals surface area contributed by atoms with Gasteiger partial charge in [-0.05, 0) is 24.3 Å². The zero-order valence-electron chi connectivity index (χ0n) is 17.9. The Morgan fingerprint density at radius 1 is 1.03 bits per heavy atom. The fourth-order valence-corrected chi connectivity index (χ4v) is 3.26. The van der Waals surface area contributed by atoms with Crippen LogP contribution >= 0.6 is 0 Å². The molecule has 0 aliphatic carbocycles. The number of esters is 1. The maximum Gasteiger partial charge on any atom is 0.340 e. The molecule has 1 aliphatic heterocycles. The quantitative estimate of drug-likeness (QED) is 0.288. The van der Waals surface area contributed by atoms with Crippen LogP contribution in [0, 0.1) is 10.1 Å². The number of fused-ring (bicyclic) bond motifs is 1. The van der Waals surface area contributed by atoms with Crippen LogP contribution in [0.1, 0.15) is 22.5 Å². The van der Waals surface area contributed by atoms with E-state index in [-0.39, 0.29) is 28.4 Å². The van der Waals surface area contributed by atoms with Crippen molar-refractivity contribution in [3.05, 3.63) is 76.2 Å². The maximum atomic E-state index is 12.6. The van der Waals surface area contributed by atoms with Gasteiger partial charge in [0, 0.05) is 18.2 Å². The minimum absolute atomic E-state index is 0.0872. The van der Waals surface area contributed by atoms with E-state index in [0.29, 0.717) is 37.6 Å². The number of carbonyl (C=O) groups is 2. The number of hydrogen-bond acceptors (Lipinski definition) is 9. The molecule has 0 bridgehead atoms. The maximum absolute atomic E-state index is 12.6. The second-order valence-electron chi connectivity index (χ2n) is 7.23. The van der Waals surface area contributed by atoms with Gasteiger partial charge in [-0.15, -0.1) is 0 Å². The summed E-state index contributed by atoms with van der Waals surface area (Å²) in [5.41, 5.74) is 0.276. The SMILES string of the molecule is O=C(COC(=O)c1ccccc1NCc1ccco1)Nc1cc2c(cc1[N+](=O)[O-])OCCCO2. The van der Waals surface area contributed by atoms with Gasteiger partial charge in [-0.2, -0.15) is 0 Å². The number of rotatable bonds is 8. The summed E-state index contributed by atoms with van der Waals surface area (Å²) in [5, 5.41) is 17.0. The number of nitro groups is 1. The number of anilines is 2. The summed E-state index contributed by atoms with van der Waals surface area (Å²) in [4.78, 5) is 35.8. The molecule has 0 unspecified atom stereocenters. The van der Waals surface area contributed by atoms with E-state index in [4.69, 9.17) is 18.6 Å². The first kappa shape index (κ1) is 22.6. The smallest absolute Gasteiger partial charge is 0.340 e. The molecular weight excluding hydrogens is 446 g/mol. The van der Waals surface area contributed by atoms with Crippen LogP contribution in [0.15, 0.2) is 59.2 Å². The number of para-hydroxylation sites is 1. The number of ether oxygens (including phenoxy) is 3. The largest absolute Gasteiger partial charge is 0.489 e. The molecule has 2 aromatic carbocycles. The lowest BCUT2D eigenvalue weighted by atomic mass is 10.2. The van der Waals surface area contributed by atoms with Crippen LogP contribution in [0.3, 0.4) is 0 Å². The van der Waals surface area contributed by atoms with E-state index >= 15 is 0 Å². The van der Waals surface area contributed by atoms with Gasteiger partial charge in [0.15, 0.2) is 18.1 Å². The van der Waals surface area contributed by atoms with Gasteiger partial charge < -0.3 is 29.3 Å². The van der Waals surface area contributed by atoms with Crippen LogP contribution in [0.2, 0.25) is 0 Å². The van der Waals surface area contributed by atoms with Crippen molar-refractivity contribution in [3.63, 3.8) is 0 Å². The molecule has 0 saturated carbocycles. The topological polar surface area (TPSA) is 142 Å². The van der Waals surface area contributed by atoms with Gasteiger partial charge >= 0.3 is 5.97 Å². The molecule has 3 aromatic rings. The Balaban J connectivity index is 1.40. The van der Waals surface area contributed by atoms with Crippen molar-refractivity contribution >= 4 is 28.9 Å². The van der Waals surface area contributed by atoms with E-state index in [1.165, 1.54) is 12.1 Å². The van der Waals surface area contributed by atoms with Crippen molar-refractivity contribution in [2.24, 2.45) is 0 Å². The van der Waals surface area contributed by atoms with Gasteiger partial charge in [0.1, 0.15) is 11.4 Å². The molecule has 0 atom stereocenters. The van der Waals surface area contributed by atoms with E-state index in [1.807, 2.05) is 0 Å². The summed E-state index contributed by atoms with van der Waals surface area (Å²) in [6.45, 7) is 0.454. The highest BCUT2D eigenvalue weighted by Gasteiger charge is 2.23. The predicted molar refractivity (Wildman–Crippen MR) is 120 cm³/mol. The van der Waals surface area contributed by atoms with Gasteiger partial charge in [0.25, 0.3) is 11.6 Å².